The second-order valence-corrected chi connectivity index (χ2v) is 5.34. The molecule has 108 valence electrons. The Hall–Kier alpha value is -2.56. The van der Waals surface area contributed by atoms with Gasteiger partial charge < -0.3 is 10.6 Å². The lowest BCUT2D eigenvalue weighted by atomic mass is 10.0. The summed E-state index contributed by atoms with van der Waals surface area (Å²) < 4.78 is 0. The van der Waals surface area contributed by atoms with Gasteiger partial charge in [0.15, 0.2) is 0 Å². The molecule has 0 amide bonds. The summed E-state index contributed by atoms with van der Waals surface area (Å²) in [7, 11) is 0. The first kappa shape index (κ1) is 13.4. The molecule has 0 saturated carbocycles. The van der Waals surface area contributed by atoms with Gasteiger partial charge in [-0.1, -0.05) is 0 Å². The van der Waals surface area contributed by atoms with Crippen LogP contribution in [-0.4, -0.2) is 11.5 Å². The first-order valence-corrected chi connectivity index (χ1v) is 7.02. The largest absolute Gasteiger partial charge is 0.385 e. The minimum absolute atomic E-state index is 0.108. The molecule has 2 aromatic carbocycles. The van der Waals surface area contributed by atoms with Crippen LogP contribution < -0.4 is 10.6 Å². The molecule has 0 radical (unpaired) electrons. The standard InChI is InChI=1S/C16H17N3O2/c1-11-7-14(10-15(8-11)19(20)21)18-13-4-5-16-12(9-13)3-2-6-17-16/h4-5,7-10,17-18H,2-3,6H2,1H3. The van der Waals surface area contributed by atoms with Crippen molar-refractivity contribution in [1.82, 2.24) is 0 Å². The molecule has 1 heterocycles. The highest BCUT2D eigenvalue weighted by molar-refractivity contribution is 5.68. The van der Waals surface area contributed by atoms with Crippen molar-refractivity contribution < 1.29 is 4.92 Å². The van der Waals surface area contributed by atoms with Gasteiger partial charge in [0.05, 0.1) is 4.92 Å². The second-order valence-electron chi connectivity index (χ2n) is 5.34. The number of nitrogens with zero attached hydrogens (tertiary/aromatic N) is 1. The zero-order valence-corrected chi connectivity index (χ0v) is 11.8. The monoisotopic (exact) mass is 283 g/mol. The summed E-state index contributed by atoms with van der Waals surface area (Å²) in [5, 5.41) is 17.5. The maximum Gasteiger partial charge on any atom is 0.271 e. The lowest BCUT2D eigenvalue weighted by Crippen LogP contribution is -2.11. The van der Waals surface area contributed by atoms with E-state index in [2.05, 4.69) is 22.8 Å². The molecule has 0 aromatic heterocycles. The fraction of sp³-hybridized carbons (Fsp3) is 0.250. The predicted molar refractivity (Wildman–Crippen MR) is 84.4 cm³/mol. The van der Waals surface area contributed by atoms with Gasteiger partial charge in [-0.15, -0.1) is 0 Å². The van der Waals surface area contributed by atoms with Crippen LogP contribution in [0.25, 0.3) is 0 Å². The molecule has 0 bridgehead atoms. The maximum atomic E-state index is 10.9. The summed E-state index contributed by atoms with van der Waals surface area (Å²) in [6.45, 7) is 2.87. The lowest BCUT2D eigenvalue weighted by Gasteiger charge is -2.19. The smallest absolute Gasteiger partial charge is 0.271 e. The third-order valence-electron chi connectivity index (χ3n) is 3.61. The SMILES string of the molecule is Cc1cc(Nc2ccc3c(c2)CCCN3)cc([N+](=O)[O-])c1. The van der Waals surface area contributed by atoms with Crippen LogP contribution >= 0.6 is 0 Å². The highest BCUT2D eigenvalue weighted by Gasteiger charge is 2.11. The van der Waals surface area contributed by atoms with Crippen LogP contribution in [0.1, 0.15) is 17.5 Å². The number of aryl methyl sites for hydroxylation is 2. The summed E-state index contributed by atoms with van der Waals surface area (Å²) in [6.07, 6.45) is 2.19. The number of nitrogens with one attached hydrogen (secondary N) is 2. The van der Waals surface area contributed by atoms with Crippen molar-refractivity contribution in [3.63, 3.8) is 0 Å². The van der Waals surface area contributed by atoms with E-state index in [0.29, 0.717) is 0 Å². The molecule has 21 heavy (non-hydrogen) atoms. The molecule has 3 rings (SSSR count). The average molecular weight is 283 g/mol. The van der Waals surface area contributed by atoms with Crippen LogP contribution in [0.15, 0.2) is 36.4 Å². The van der Waals surface area contributed by atoms with E-state index >= 15 is 0 Å². The number of non-ortho nitro benzene ring substituents is 1. The highest BCUT2D eigenvalue weighted by Crippen LogP contribution is 2.28. The van der Waals surface area contributed by atoms with Crippen LogP contribution in [0.2, 0.25) is 0 Å². The summed E-state index contributed by atoms with van der Waals surface area (Å²) in [5.41, 5.74) is 5.14. The zero-order valence-electron chi connectivity index (χ0n) is 11.8. The van der Waals surface area contributed by atoms with Crippen molar-refractivity contribution in [2.75, 3.05) is 17.2 Å². The Kier molecular flexibility index (Phi) is 3.48. The fourth-order valence-electron chi connectivity index (χ4n) is 2.66. The summed E-state index contributed by atoms with van der Waals surface area (Å²) >= 11 is 0. The van der Waals surface area contributed by atoms with Crippen molar-refractivity contribution in [2.45, 2.75) is 19.8 Å². The molecule has 1 aliphatic heterocycles. The van der Waals surface area contributed by atoms with E-state index in [1.165, 1.54) is 11.3 Å². The zero-order chi connectivity index (χ0) is 14.8. The van der Waals surface area contributed by atoms with Crippen LogP contribution in [0.5, 0.6) is 0 Å². The Morgan fingerprint density at radius 1 is 1.19 bits per heavy atom. The molecule has 0 saturated heterocycles. The number of anilines is 3. The fourth-order valence-corrected chi connectivity index (χ4v) is 2.66. The third kappa shape index (κ3) is 2.97. The number of hydrogen-bond acceptors (Lipinski definition) is 4. The molecular formula is C16H17N3O2. The topological polar surface area (TPSA) is 67.2 Å². The minimum Gasteiger partial charge on any atom is -0.385 e. The highest BCUT2D eigenvalue weighted by atomic mass is 16.6. The van der Waals surface area contributed by atoms with E-state index in [4.69, 9.17) is 0 Å². The average Bonchev–Trinajstić information content (AvgIpc) is 2.46. The summed E-state index contributed by atoms with van der Waals surface area (Å²) in [4.78, 5) is 10.6. The van der Waals surface area contributed by atoms with Gasteiger partial charge in [-0.2, -0.15) is 0 Å². The van der Waals surface area contributed by atoms with E-state index in [0.717, 1.165) is 36.3 Å². The van der Waals surface area contributed by atoms with Gasteiger partial charge in [0, 0.05) is 35.7 Å². The van der Waals surface area contributed by atoms with E-state index in [1.54, 1.807) is 12.1 Å². The first-order chi connectivity index (χ1) is 10.1. The number of hydrogen-bond donors (Lipinski definition) is 2. The van der Waals surface area contributed by atoms with Crippen LogP contribution in [0, 0.1) is 17.0 Å². The molecule has 0 atom stereocenters. The maximum absolute atomic E-state index is 10.9. The van der Waals surface area contributed by atoms with Gasteiger partial charge in [-0.25, -0.2) is 0 Å². The molecule has 5 heteroatoms. The van der Waals surface area contributed by atoms with E-state index < -0.39 is 0 Å². The number of rotatable bonds is 3. The molecule has 5 nitrogen and oxygen atoms in total. The van der Waals surface area contributed by atoms with E-state index in [1.807, 2.05) is 19.1 Å². The van der Waals surface area contributed by atoms with Crippen molar-refractivity contribution in [1.29, 1.82) is 0 Å². The molecule has 0 spiro atoms. The summed E-state index contributed by atoms with van der Waals surface area (Å²) in [6, 6.07) is 11.2. The Morgan fingerprint density at radius 2 is 2.05 bits per heavy atom. The van der Waals surface area contributed by atoms with Gasteiger partial charge >= 0.3 is 0 Å². The van der Waals surface area contributed by atoms with Crippen molar-refractivity contribution in [3.05, 3.63) is 57.6 Å². The number of nitro groups is 1. The normalized spacial score (nSPS) is 13.2. The van der Waals surface area contributed by atoms with Crippen LogP contribution in [-0.2, 0) is 6.42 Å². The molecule has 0 aliphatic carbocycles. The quantitative estimate of drug-likeness (QED) is 0.660. The van der Waals surface area contributed by atoms with Gasteiger partial charge in [-0.3, -0.25) is 10.1 Å². The number of fused-ring (bicyclic) bond motifs is 1. The number of benzene rings is 2. The third-order valence-corrected chi connectivity index (χ3v) is 3.61. The van der Waals surface area contributed by atoms with Crippen molar-refractivity contribution in [3.8, 4) is 0 Å². The molecule has 1 aliphatic rings. The van der Waals surface area contributed by atoms with Crippen LogP contribution in [0.3, 0.4) is 0 Å². The second kappa shape index (κ2) is 5.44. The predicted octanol–water partition coefficient (Wildman–Crippen LogP) is 4.00. The Labute approximate surface area is 123 Å². The lowest BCUT2D eigenvalue weighted by molar-refractivity contribution is -0.384. The molecule has 2 aromatic rings. The molecular weight excluding hydrogens is 266 g/mol. The van der Waals surface area contributed by atoms with Crippen LogP contribution in [0.4, 0.5) is 22.7 Å². The minimum atomic E-state index is -0.366. The van der Waals surface area contributed by atoms with E-state index in [-0.39, 0.29) is 10.6 Å². The summed E-state index contributed by atoms with van der Waals surface area (Å²) in [5.74, 6) is 0. The van der Waals surface area contributed by atoms with Gasteiger partial charge in [0.25, 0.3) is 5.69 Å². The Balaban J connectivity index is 1.88. The Morgan fingerprint density at radius 3 is 2.86 bits per heavy atom. The van der Waals surface area contributed by atoms with Gasteiger partial charge in [-0.05, 0) is 55.2 Å². The van der Waals surface area contributed by atoms with Crippen molar-refractivity contribution in [2.24, 2.45) is 0 Å². The molecule has 0 fully saturated rings. The van der Waals surface area contributed by atoms with Crippen molar-refractivity contribution >= 4 is 22.7 Å². The first-order valence-electron chi connectivity index (χ1n) is 7.02. The van der Waals surface area contributed by atoms with E-state index in [9.17, 15) is 10.1 Å². The van der Waals surface area contributed by atoms with Gasteiger partial charge in [0.2, 0.25) is 0 Å². The molecule has 0 unspecified atom stereocenters. The molecule has 2 N–H and O–H groups in total. The number of nitro benzene ring substituents is 1. The van der Waals surface area contributed by atoms with Gasteiger partial charge in [0.1, 0.15) is 0 Å². The Bertz CT molecular complexity index is 698.